The standard InChI is InChI=1S/C26H23N3/c1-26(2)23-8-5-4-7-21(23)22-14-13-20(17-24(22)26)29(3)19-11-9-18(10-12-19)25-27-15-6-16-28-25/h4-17H,1-3H3. The summed E-state index contributed by atoms with van der Waals surface area (Å²) in [5.41, 5.74) is 8.85. The molecule has 1 heterocycles. The van der Waals surface area contributed by atoms with Crippen LogP contribution in [0, 0.1) is 0 Å². The number of nitrogens with zero attached hydrogens (tertiary/aromatic N) is 3. The fourth-order valence-electron chi connectivity index (χ4n) is 4.33. The van der Waals surface area contributed by atoms with Gasteiger partial charge >= 0.3 is 0 Å². The Hall–Kier alpha value is -3.46. The summed E-state index contributed by atoms with van der Waals surface area (Å²) >= 11 is 0. The zero-order valence-corrected chi connectivity index (χ0v) is 16.9. The van der Waals surface area contributed by atoms with Crippen LogP contribution in [0.5, 0.6) is 0 Å². The monoisotopic (exact) mass is 377 g/mol. The Balaban J connectivity index is 1.49. The van der Waals surface area contributed by atoms with E-state index in [0.29, 0.717) is 0 Å². The van der Waals surface area contributed by atoms with Crippen LogP contribution in [-0.4, -0.2) is 17.0 Å². The number of fused-ring (bicyclic) bond motifs is 3. The molecule has 0 bridgehead atoms. The first-order valence-electron chi connectivity index (χ1n) is 9.91. The van der Waals surface area contributed by atoms with Gasteiger partial charge in [-0.1, -0.05) is 44.2 Å². The van der Waals surface area contributed by atoms with Crippen molar-refractivity contribution < 1.29 is 0 Å². The van der Waals surface area contributed by atoms with Gasteiger partial charge in [0, 0.05) is 41.8 Å². The lowest BCUT2D eigenvalue weighted by Gasteiger charge is -2.25. The maximum atomic E-state index is 4.33. The van der Waals surface area contributed by atoms with Crippen LogP contribution in [0.2, 0.25) is 0 Å². The van der Waals surface area contributed by atoms with Gasteiger partial charge in [-0.15, -0.1) is 0 Å². The summed E-state index contributed by atoms with van der Waals surface area (Å²) in [6, 6.07) is 25.8. The second kappa shape index (κ2) is 6.56. The molecule has 3 aromatic carbocycles. The van der Waals surface area contributed by atoms with Crippen molar-refractivity contribution >= 4 is 11.4 Å². The van der Waals surface area contributed by atoms with Crippen LogP contribution in [0.15, 0.2) is 85.2 Å². The molecular weight excluding hydrogens is 354 g/mol. The van der Waals surface area contributed by atoms with Gasteiger partial charge in [-0.25, -0.2) is 9.97 Å². The van der Waals surface area contributed by atoms with E-state index in [9.17, 15) is 0 Å². The first-order valence-corrected chi connectivity index (χ1v) is 9.91. The average Bonchev–Trinajstić information content (AvgIpc) is 3.01. The minimum absolute atomic E-state index is 0.0112. The van der Waals surface area contributed by atoms with Crippen LogP contribution < -0.4 is 4.90 Å². The van der Waals surface area contributed by atoms with Gasteiger partial charge in [0.05, 0.1) is 0 Å². The first kappa shape index (κ1) is 17.6. The molecule has 4 aromatic rings. The minimum atomic E-state index is 0.0112. The molecule has 0 radical (unpaired) electrons. The Morgan fingerprint density at radius 1 is 0.690 bits per heavy atom. The van der Waals surface area contributed by atoms with E-state index in [4.69, 9.17) is 0 Å². The van der Waals surface area contributed by atoms with Crippen LogP contribution in [0.4, 0.5) is 11.4 Å². The predicted molar refractivity (Wildman–Crippen MR) is 120 cm³/mol. The molecule has 29 heavy (non-hydrogen) atoms. The highest BCUT2D eigenvalue weighted by atomic mass is 15.1. The Bertz CT molecular complexity index is 1180. The highest BCUT2D eigenvalue weighted by molar-refractivity contribution is 5.83. The molecule has 0 N–H and O–H groups in total. The second-order valence-corrected chi connectivity index (χ2v) is 8.08. The lowest BCUT2D eigenvalue weighted by Crippen LogP contribution is -2.16. The van der Waals surface area contributed by atoms with E-state index in [1.54, 1.807) is 12.4 Å². The summed E-state index contributed by atoms with van der Waals surface area (Å²) in [6.07, 6.45) is 3.54. The third-order valence-corrected chi connectivity index (χ3v) is 6.03. The first-order chi connectivity index (χ1) is 14.1. The maximum absolute atomic E-state index is 4.33. The topological polar surface area (TPSA) is 29.0 Å². The molecule has 1 aromatic heterocycles. The molecule has 1 aliphatic rings. The number of hydrogen-bond acceptors (Lipinski definition) is 3. The van der Waals surface area contributed by atoms with Crippen LogP contribution >= 0.6 is 0 Å². The normalized spacial score (nSPS) is 13.6. The number of anilines is 2. The number of rotatable bonds is 3. The van der Waals surface area contributed by atoms with E-state index in [2.05, 4.69) is 102 Å². The zero-order valence-electron chi connectivity index (χ0n) is 16.9. The largest absolute Gasteiger partial charge is 0.345 e. The SMILES string of the molecule is CN(c1ccc(-c2ncccn2)cc1)c1ccc2c(c1)C(C)(C)c1ccccc1-2. The summed E-state index contributed by atoms with van der Waals surface area (Å²) in [4.78, 5) is 10.9. The number of hydrogen-bond donors (Lipinski definition) is 0. The number of benzene rings is 3. The molecule has 0 atom stereocenters. The molecule has 0 saturated heterocycles. The van der Waals surface area contributed by atoms with E-state index < -0.39 is 0 Å². The summed E-state index contributed by atoms with van der Waals surface area (Å²) in [5, 5.41) is 0. The Morgan fingerprint density at radius 2 is 1.34 bits per heavy atom. The molecule has 0 unspecified atom stereocenters. The lowest BCUT2D eigenvalue weighted by atomic mass is 9.82. The zero-order chi connectivity index (χ0) is 20.0. The fourth-order valence-corrected chi connectivity index (χ4v) is 4.33. The molecule has 0 amide bonds. The Morgan fingerprint density at radius 3 is 2.10 bits per heavy atom. The van der Waals surface area contributed by atoms with Crippen molar-refractivity contribution in [3.05, 3.63) is 96.3 Å². The van der Waals surface area contributed by atoms with Gasteiger partial charge in [-0.05, 0) is 64.7 Å². The van der Waals surface area contributed by atoms with Crippen molar-refractivity contribution in [1.29, 1.82) is 0 Å². The highest BCUT2D eigenvalue weighted by Gasteiger charge is 2.35. The highest BCUT2D eigenvalue weighted by Crippen LogP contribution is 2.49. The van der Waals surface area contributed by atoms with Crippen molar-refractivity contribution in [2.75, 3.05) is 11.9 Å². The van der Waals surface area contributed by atoms with Gasteiger partial charge in [-0.2, -0.15) is 0 Å². The van der Waals surface area contributed by atoms with Crippen molar-refractivity contribution in [1.82, 2.24) is 9.97 Å². The molecule has 5 rings (SSSR count). The molecule has 142 valence electrons. The summed E-state index contributed by atoms with van der Waals surface area (Å²) < 4.78 is 0. The third-order valence-electron chi connectivity index (χ3n) is 6.03. The lowest BCUT2D eigenvalue weighted by molar-refractivity contribution is 0.660. The smallest absolute Gasteiger partial charge is 0.159 e. The van der Waals surface area contributed by atoms with E-state index in [1.807, 2.05) is 6.07 Å². The fraction of sp³-hybridized carbons (Fsp3) is 0.154. The molecule has 3 nitrogen and oxygen atoms in total. The molecule has 0 fully saturated rings. The maximum Gasteiger partial charge on any atom is 0.159 e. The summed E-state index contributed by atoms with van der Waals surface area (Å²) in [5.74, 6) is 0.749. The molecule has 3 heteroatoms. The van der Waals surface area contributed by atoms with Crippen molar-refractivity contribution in [2.24, 2.45) is 0 Å². The summed E-state index contributed by atoms with van der Waals surface area (Å²) in [6.45, 7) is 4.63. The molecular formula is C26H23N3. The van der Waals surface area contributed by atoms with Crippen LogP contribution in [-0.2, 0) is 5.41 Å². The van der Waals surface area contributed by atoms with E-state index in [1.165, 1.54) is 27.9 Å². The molecule has 1 aliphatic carbocycles. The predicted octanol–water partition coefficient (Wildman–Crippen LogP) is 6.22. The van der Waals surface area contributed by atoms with Gasteiger partial charge in [0.15, 0.2) is 5.82 Å². The third kappa shape index (κ3) is 2.82. The molecule has 0 spiro atoms. The minimum Gasteiger partial charge on any atom is -0.345 e. The van der Waals surface area contributed by atoms with Crippen LogP contribution in [0.1, 0.15) is 25.0 Å². The van der Waals surface area contributed by atoms with Gasteiger partial charge < -0.3 is 4.90 Å². The van der Waals surface area contributed by atoms with Crippen molar-refractivity contribution in [2.45, 2.75) is 19.3 Å². The Kier molecular flexibility index (Phi) is 3.99. The van der Waals surface area contributed by atoms with Crippen LogP contribution in [0.25, 0.3) is 22.5 Å². The van der Waals surface area contributed by atoms with Gasteiger partial charge in [0.2, 0.25) is 0 Å². The van der Waals surface area contributed by atoms with Crippen LogP contribution in [0.3, 0.4) is 0 Å². The van der Waals surface area contributed by atoms with E-state index in [0.717, 1.165) is 17.1 Å². The van der Waals surface area contributed by atoms with Gasteiger partial charge in [-0.3, -0.25) is 0 Å². The summed E-state index contributed by atoms with van der Waals surface area (Å²) in [7, 11) is 2.12. The van der Waals surface area contributed by atoms with Gasteiger partial charge in [0.1, 0.15) is 0 Å². The average molecular weight is 377 g/mol. The molecule has 0 aliphatic heterocycles. The van der Waals surface area contributed by atoms with Crippen molar-refractivity contribution in [3.63, 3.8) is 0 Å². The van der Waals surface area contributed by atoms with E-state index >= 15 is 0 Å². The number of aromatic nitrogens is 2. The Labute approximate surface area is 171 Å². The quantitative estimate of drug-likeness (QED) is 0.424. The van der Waals surface area contributed by atoms with E-state index in [-0.39, 0.29) is 5.41 Å². The second-order valence-electron chi connectivity index (χ2n) is 8.08. The van der Waals surface area contributed by atoms with Crippen molar-refractivity contribution in [3.8, 4) is 22.5 Å². The molecule has 0 saturated carbocycles. The van der Waals surface area contributed by atoms with Gasteiger partial charge in [0.25, 0.3) is 0 Å².